The van der Waals surface area contributed by atoms with Gasteiger partial charge in [0.05, 0.1) is 13.6 Å². The number of hydrogen-bond donors (Lipinski definition) is 1. The molecule has 6 nitrogen and oxygen atoms in total. The van der Waals surface area contributed by atoms with Gasteiger partial charge in [0.2, 0.25) is 0 Å². The zero-order valence-corrected chi connectivity index (χ0v) is 9.67. The minimum Gasteiger partial charge on any atom is -0.399 e. The van der Waals surface area contributed by atoms with E-state index in [-0.39, 0.29) is 0 Å². The van der Waals surface area contributed by atoms with Gasteiger partial charge < -0.3 is 5.73 Å². The van der Waals surface area contributed by atoms with Gasteiger partial charge in [0.25, 0.3) is 0 Å². The maximum atomic E-state index is 5.78. The molecule has 2 heterocycles. The fourth-order valence-corrected chi connectivity index (χ4v) is 2.18. The van der Waals surface area contributed by atoms with Gasteiger partial charge in [-0.2, -0.15) is 4.80 Å². The second-order valence-corrected chi connectivity index (χ2v) is 4.37. The summed E-state index contributed by atoms with van der Waals surface area (Å²) in [6.45, 7) is 2.55. The molecule has 0 saturated heterocycles. The van der Waals surface area contributed by atoms with Crippen molar-refractivity contribution in [2.24, 2.45) is 7.05 Å². The summed E-state index contributed by atoms with van der Waals surface area (Å²) in [5, 5.41) is 12.0. The van der Waals surface area contributed by atoms with Gasteiger partial charge in [0.15, 0.2) is 5.82 Å². The third-order valence-electron chi connectivity index (χ3n) is 2.93. The maximum absolute atomic E-state index is 5.78. The molecule has 0 fully saturated rings. The lowest BCUT2D eigenvalue weighted by Crippen LogP contribution is -2.16. The average molecular weight is 230 g/mol. The molecule has 1 aromatic heterocycles. The zero-order chi connectivity index (χ0) is 11.8. The van der Waals surface area contributed by atoms with E-state index >= 15 is 0 Å². The molecule has 6 heteroatoms. The van der Waals surface area contributed by atoms with Crippen molar-refractivity contribution in [2.75, 3.05) is 5.73 Å². The van der Waals surface area contributed by atoms with Crippen molar-refractivity contribution in [2.45, 2.75) is 19.6 Å². The summed E-state index contributed by atoms with van der Waals surface area (Å²) in [6, 6.07) is 6.08. The van der Waals surface area contributed by atoms with Crippen LogP contribution in [0.5, 0.6) is 0 Å². The molecule has 1 aliphatic rings. The van der Waals surface area contributed by atoms with Gasteiger partial charge in [-0.05, 0) is 28.5 Å². The molecule has 0 bridgehead atoms. The number of aromatic nitrogens is 4. The molecule has 17 heavy (non-hydrogen) atoms. The number of anilines is 1. The number of rotatable bonds is 2. The van der Waals surface area contributed by atoms with Crippen molar-refractivity contribution in [3.8, 4) is 0 Å². The summed E-state index contributed by atoms with van der Waals surface area (Å²) in [4.78, 5) is 3.76. The van der Waals surface area contributed by atoms with E-state index in [1.165, 1.54) is 15.9 Å². The van der Waals surface area contributed by atoms with Gasteiger partial charge in [0, 0.05) is 18.8 Å². The predicted octanol–water partition coefficient (Wildman–Crippen LogP) is 0.308. The van der Waals surface area contributed by atoms with Crippen LogP contribution in [0.3, 0.4) is 0 Å². The number of nitrogens with two attached hydrogens (primary N) is 1. The minimum atomic E-state index is 0.725. The van der Waals surface area contributed by atoms with E-state index in [0.29, 0.717) is 0 Å². The fourth-order valence-electron chi connectivity index (χ4n) is 2.18. The Hall–Kier alpha value is -1.95. The van der Waals surface area contributed by atoms with Gasteiger partial charge in [0.1, 0.15) is 0 Å². The molecule has 2 aromatic rings. The highest BCUT2D eigenvalue weighted by Gasteiger charge is 2.20. The first-order valence-corrected chi connectivity index (χ1v) is 5.53. The Kier molecular flexibility index (Phi) is 2.29. The lowest BCUT2D eigenvalue weighted by Gasteiger charge is -2.10. The number of benzene rings is 1. The SMILES string of the molecule is Cn1nnc(CN2Cc3ccc(N)cc3C2)n1. The molecular weight excluding hydrogens is 216 g/mol. The number of nitrogen functional groups attached to an aromatic ring is 1. The topological polar surface area (TPSA) is 72.9 Å². The first-order chi connectivity index (χ1) is 8.20. The fraction of sp³-hybridized carbons (Fsp3) is 0.364. The molecule has 1 aromatic carbocycles. The van der Waals surface area contributed by atoms with Crippen LogP contribution >= 0.6 is 0 Å². The minimum absolute atomic E-state index is 0.725. The van der Waals surface area contributed by atoms with Crippen LogP contribution in [0.1, 0.15) is 17.0 Å². The molecule has 0 saturated carbocycles. The van der Waals surface area contributed by atoms with Gasteiger partial charge in [-0.3, -0.25) is 4.90 Å². The Labute approximate surface area is 99.0 Å². The highest BCUT2D eigenvalue weighted by atomic mass is 15.6. The number of hydrogen-bond acceptors (Lipinski definition) is 5. The highest BCUT2D eigenvalue weighted by Crippen LogP contribution is 2.25. The van der Waals surface area contributed by atoms with Gasteiger partial charge in [-0.1, -0.05) is 6.07 Å². The first-order valence-electron chi connectivity index (χ1n) is 5.53. The third-order valence-corrected chi connectivity index (χ3v) is 2.93. The lowest BCUT2D eigenvalue weighted by atomic mass is 10.1. The van der Waals surface area contributed by atoms with Crippen molar-refractivity contribution in [1.82, 2.24) is 25.1 Å². The van der Waals surface area contributed by atoms with Gasteiger partial charge in [-0.25, -0.2) is 0 Å². The predicted molar refractivity (Wildman–Crippen MR) is 62.6 cm³/mol. The summed E-state index contributed by atoms with van der Waals surface area (Å²) in [6.07, 6.45) is 0. The van der Waals surface area contributed by atoms with Crippen LogP contribution in [0.25, 0.3) is 0 Å². The van der Waals surface area contributed by atoms with Crippen molar-refractivity contribution < 1.29 is 0 Å². The largest absolute Gasteiger partial charge is 0.399 e. The summed E-state index contributed by atoms with van der Waals surface area (Å²) in [7, 11) is 1.77. The molecule has 0 unspecified atom stereocenters. The maximum Gasteiger partial charge on any atom is 0.188 e. The monoisotopic (exact) mass is 230 g/mol. The van der Waals surface area contributed by atoms with Crippen LogP contribution in [-0.2, 0) is 26.7 Å². The van der Waals surface area contributed by atoms with E-state index in [0.717, 1.165) is 31.1 Å². The summed E-state index contributed by atoms with van der Waals surface area (Å²) in [5.41, 5.74) is 9.23. The first kappa shape index (κ1) is 10.2. The second-order valence-electron chi connectivity index (χ2n) is 4.37. The van der Waals surface area contributed by atoms with Gasteiger partial charge >= 0.3 is 0 Å². The quantitative estimate of drug-likeness (QED) is 0.752. The molecule has 0 amide bonds. The Bertz CT molecular complexity index is 545. The molecular formula is C11H14N6. The Morgan fingerprint density at radius 1 is 1.29 bits per heavy atom. The molecule has 0 spiro atoms. The van der Waals surface area contributed by atoms with Crippen molar-refractivity contribution >= 4 is 5.69 Å². The number of fused-ring (bicyclic) bond motifs is 1. The molecule has 2 N–H and O–H groups in total. The van der Waals surface area contributed by atoms with Crippen LogP contribution in [0, 0.1) is 0 Å². The molecule has 1 aliphatic heterocycles. The van der Waals surface area contributed by atoms with E-state index in [9.17, 15) is 0 Å². The summed E-state index contributed by atoms with van der Waals surface area (Å²) >= 11 is 0. The van der Waals surface area contributed by atoms with Crippen LogP contribution in [0.15, 0.2) is 18.2 Å². The van der Waals surface area contributed by atoms with Crippen molar-refractivity contribution in [1.29, 1.82) is 0 Å². The Morgan fingerprint density at radius 2 is 2.12 bits per heavy atom. The summed E-state index contributed by atoms with van der Waals surface area (Å²) < 4.78 is 0. The Morgan fingerprint density at radius 3 is 2.88 bits per heavy atom. The van der Waals surface area contributed by atoms with Crippen molar-refractivity contribution in [3.63, 3.8) is 0 Å². The average Bonchev–Trinajstić information content (AvgIpc) is 2.84. The van der Waals surface area contributed by atoms with E-state index in [2.05, 4.69) is 26.4 Å². The van der Waals surface area contributed by atoms with E-state index in [1.54, 1.807) is 7.05 Å². The standard InChI is InChI=1S/C11H14N6/c1-16-14-11(13-15-16)7-17-5-8-2-3-10(12)4-9(8)6-17/h2-4H,5-7,12H2,1H3. The molecule has 0 atom stereocenters. The van der Waals surface area contributed by atoms with Crippen LogP contribution in [0.4, 0.5) is 5.69 Å². The molecule has 3 rings (SSSR count). The van der Waals surface area contributed by atoms with Crippen LogP contribution < -0.4 is 5.73 Å². The number of nitrogens with zero attached hydrogens (tertiary/aromatic N) is 5. The van der Waals surface area contributed by atoms with E-state index in [1.807, 2.05) is 12.1 Å². The second kappa shape index (κ2) is 3.81. The van der Waals surface area contributed by atoms with Crippen molar-refractivity contribution in [3.05, 3.63) is 35.2 Å². The summed E-state index contributed by atoms with van der Waals surface area (Å²) in [5.74, 6) is 0.758. The molecule has 0 radical (unpaired) electrons. The van der Waals surface area contributed by atoms with Gasteiger partial charge in [-0.15, -0.1) is 10.2 Å². The van der Waals surface area contributed by atoms with E-state index in [4.69, 9.17) is 5.73 Å². The zero-order valence-electron chi connectivity index (χ0n) is 9.67. The Balaban J connectivity index is 1.74. The number of aryl methyl sites for hydroxylation is 1. The number of tetrazole rings is 1. The molecule has 0 aliphatic carbocycles. The highest BCUT2D eigenvalue weighted by molar-refractivity contribution is 5.46. The van der Waals surface area contributed by atoms with E-state index < -0.39 is 0 Å². The smallest absolute Gasteiger partial charge is 0.188 e. The van der Waals surface area contributed by atoms with Crippen LogP contribution in [-0.4, -0.2) is 25.1 Å². The lowest BCUT2D eigenvalue weighted by molar-refractivity contribution is 0.268. The normalized spacial score (nSPS) is 15.1. The molecule has 88 valence electrons. The van der Waals surface area contributed by atoms with Crippen LogP contribution in [0.2, 0.25) is 0 Å². The third kappa shape index (κ3) is 1.99.